The Morgan fingerprint density at radius 1 is 0.842 bits per heavy atom. The third-order valence-electron chi connectivity index (χ3n) is 2.69. The molecule has 0 unspecified atom stereocenters. The standard InChI is InChI=1S/C14H12O2S3/c1-16-14-7-6-13(19-14)12-5-4-11(18-12)10-3-2-9(8-15)17-10/h2-7,15H,8H2,1H3. The summed E-state index contributed by atoms with van der Waals surface area (Å²) in [5.74, 6) is 0. The zero-order chi connectivity index (χ0) is 13.2. The van der Waals surface area contributed by atoms with Gasteiger partial charge in [0.05, 0.1) is 13.7 Å². The first-order valence-electron chi connectivity index (χ1n) is 5.74. The van der Waals surface area contributed by atoms with Crippen LogP contribution in [0.3, 0.4) is 0 Å². The van der Waals surface area contributed by atoms with Gasteiger partial charge in [0.15, 0.2) is 5.06 Å². The van der Waals surface area contributed by atoms with Gasteiger partial charge in [-0.25, -0.2) is 0 Å². The van der Waals surface area contributed by atoms with Crippen molar-refractivity contribution in [1.82, 2.24) is 0 Å². The molecule has 0 amide bonds. The first-order chi connectivity index (χ1) is 9.30. The van der Waals surface area contributed by atoms with Gasteiger partial charge in [0.2, 0.25) is 0 Å². The maximum Gasteiger partial charge on any atom is 0.173 e. The fourth-order valence-corrected chi connectivity index (χ4v) is 4.64. The van der Waals surface area contributed by atoms with Gasteiger partial charge in [-0.3, -0.25) is 0 Å². The van der Waals surface area contributed by atoms with Crippen molar-refractivity contribution in [3.05, 3.63) is 41.3 Å². The maximum absolute atomic E-state index is 9.11. The zero-order valence-corrected chi connectivity index (χ0v) is 12.7. The van der Waals surface area contributed by atoms with Crippen molar-refractivity contribution in [2.75, 3.05) is 7.11 Å². The number of methoxy groups -OCH3 is 1. The van der Waals surface area contributed by atoms with E-state index in [1.807, 2.05) is 12.1 Å². The van der Waals surface area contributed by atoms with Crippen molar-refractivity contribution < 1.29 is 9.84 Å². The summed E-state index contributed by atoms with van der Waals surface area (Å²) in [6.45, 7) is 0.116. The third-order valence-corrected chi connectivity index (χ3v) is 6.29. The highest BCUT2D eigenvalue weighted by Crippen LogP contribution is 2.41. The van der Waals surface area contributed by atoms with Crippen molar-refractivity contribution >= 4 is 34.0 Å². The Labute approximate surface area is 123 Å². The second-order valence-corrected chi connectivity index (χ2v) is 7.21. The summed E-state index contributed by atoms with van der Waals surface area (Å²) in [5.41, 5.74) is 0. The zero-order valence-electron chi connectivity index (χ0n) is 10.3. The van der Waals surface area contributed by atoms with Crippen LogP contribution in [-0.4, -0.2) is 12.2 Å². The van der Waals surface area contributed by atoms with E-state index in [1.165, 1.54) is 19.5 Å². The lowest BCUT2D eigenvalue weighted by molar-refractivity contribution is 0.285. The molecule has 0 saturated heterocycles. The van der Waals surface area contributed by atoms with Gasteiger partial charge in [0, 0.05) is 24.4 Å². The van der Waals surface area contributed by atoms with Crippen LogP contribution in [0.15, 0.2) is 36.4 Å². The van der Waals surface area contributed by atoms with Crippen molar-refractivity contribution in [3.63, 3.8) is 0 Å². The van der Waals surface area contributed by atoms with Gasteiger partial charge in [0.25, 0.3) is 0 Å². The van der Waals surface area contributed by atoms with E-state index in [2.05, 4.69) is 24.3 Å². The lowest BCUT2D eigenvalue weighted by Crippen LogP contribution is -1.73. The number of rotatable bonds is 4. The van der Waals surface area contributed by atoms with Crippen LogP contribution in [0.1, 0.15) is 4.88 Å². The Morgan fingerprint density at radius 2 is 1.42 bits per heavy atom. The van der Waals surface area contributed by atoms with Crippen LogP contribution in [0.4, 0.5) is 0 Å². The summed E-state index contributed by atoms with van der Waals surface area (Å²) in [7, 11) is 1.69. The second kappa shape index (κ2) is 5.46. The molecular weight excluding hydrogens is 296 g/mol. The Hall–Kier alpha value is -1.14. The summed E-state index contributed by atoms with van der Waals surface area (Å²) in [6.07, 6.45) is 0. The molecule has 98 valence electrons. The van der Waals surface area contributed by atoms with Crippen LogP contribution in [0, 0.1) is 0 Å². The minimum atomic E-state index is 0.116. The maximum atomic E-state index is 9.11. The quantitative estimate of drug-likeness (QED) is 0.756. The molecule has 3 heterocycles. The van der Waals surface area contributed by atoms with E-state index in [0.29, 0.717) is 0 Å². The summed E-state index contributed by atoms with van der Waals surface area (Å²) in [4.78, 5) is 5.94. The van der Waals surface area contributed by atoms with Gasteiger partial charge in [-0.2, -0.15) is 0 Å². The highest BCUT2D eigenvalue weighted by atomic mass is 32.1. The second-order valence-electron chi connectivity index (χ2n) is 3.91. The van der Waals surface area contributed by atoms with Gasteiger partial charge in [-0.1, -0.05) is 11.3 Å². The van der Waals surface area contributed by atoms with E-state index in [1.54, 1.807) is 41.1 Å². The molecule has 0 aliphatic rings. The molecule has 2 nitrogen and oxygen atoms in total. The minimum absolute atomic E-state index is 0.116. The Balaban J connectivity index is 1.90. The van der Waals surface area contributed by atoms with Crippen LogP contribution >= 0.6 is 34.0 Å². The van der Waals surface area contributed by atoms with Gasteiger partial charge in [-0.15, -0.1) is 22.7 Å². The summed E-state index contributed by atoms with van der Waals surface area (Å²) >= 11 is 5.07. The lowest BCUT2D eigenvalue weighted by Gasteiger charge is -1.92. The Bertz CT molecular complexity index is 621. The van der Waals surface area contributed by atoms with Gasteiger partial charge >= 0.3 is 0 Å². The molecule has 0 aromatic carbocycles. The number of thiophene rings is 3. The molecule has 0 bridgehead atoms. The van der Waals surface area contributed by atoms with Crippen LogP contribution in [0.5, 0.6) is 5.06 Å². The predicted octanol–water partition coefficient (Wildman–Crippen LogP) is 4.71. The Kier molecular flexibility index (Phi) is 3.70. The molecule has 3 rings (SSSR count). The van der Waals surface area contributed by atoms with Crippen molar-refractivity contribution in [3.8, 4) is 24.6 Å². The van der Waals surface area contributed by atoms with E-state index in [0.717, 1.165) is 9.94 Å². The predicted molar refractivity (Wildman–Crippen MR) is 83.4 cm³/mol. The number of hydrogen-bond donors (Lipinski definition) is 1. The van der Waals surface area contributed by atoms with E-state index < -0.39 is 0 Å². The van der Waals surface area contributed by atoms with Crippen LogP contribution < -0.4 is 4.74 Å². The first-order valence-corrected chi connectivity index (χ1v) is 8.19. The topological polar surface area (TPSA) is 29.5 Å². The van der Waals surface area contributed by atoms with Crippen molar-refractivity contribution in [1.29, 1.82) is 0 Å². The fourth-order valence-electron chi connectivity index (χ4n) is 1.76. The molecule has 0 fully saturated rings. The van der Waals surface area contributed by atoms with E-state index >= 15 is 0 Å². The fraction of sp³-hybridized carbons (Fsp3) is 0.143. The number of aliphatic hydroxyl groups is 1. The summed E-state index contributed by atoms with van der Waals surface area (Å²) < 4.78 is 5.22. The highest BCUT2D eigenvalue weighted by Gasteiger charge is 2.09. The first kappa shape index (κ1) is 12.9. The largest absolute Gasteiger partial charge is 0.487 e. The average molecular weight is 308 g/mol. The molecule has 0 spiro atoms. The molecule has 0 atom stereocenters. The molecule has 3 aromatic heterocycles. The van der Waals surface area contributed by atoms with Crippen molar-refractivity contribution in [2.45, 2.75) is 6.61 Å². The van der Waals surface area contributed by atoms with Crippen LogP contribution in [0.2, 0.25) is 0 Å². The smallest absolute Gasteiger partial charge is 0.173 e. The Morgan fingerprint density at radius 3 is 2.00 bits per heavy atom. The monoisotopic (exact) mass is 308 g/mol. The van der Waals surface area contributed by atoms with E-state index in [-0.39, 0.29) is 6.61 Å². The van der Waals surface area contributed by atoms with Crippen LogP contribution in [0.25, 0.3) is 19.5 Å². The number of aliphatic hydroxyl groups excluding tert-OH is 1. The normalized spacial score (nSPS) is 10.8. The SMILES string of the molecule is COc1ccc(-c2ccc(-c3ccc(CO)s3)s2)s1. The molecule has 0 aliphatic heterocycles. The molecule has 1 N–H and O–H groups in total. The lowest BCUT2D eigenvalue weighted by atomic mass is 10.3. The van der Waals surface area contributed by atoms with Gasteiger partial charge in [0.1, 0.15) is 0 Å². The molecule has 0 aliphatic carbocycles. The average Bonchev–Trinajstić information content (AvgIpc) is 3.16. The minimum Gasteiger partial charge on any atom is -0.487 e. The molecule has 0 saturated carbocycles. The van der Waals surface area contributed by atoms with Crippen molar-refractivity contribution in [2.24, 2.45) is 0 Å². The van der Waals surface area contributed by atoms with E-state index in [9.17, 15) is 0 Å². The summed E-state index contributed by atoms with van der Waals surface area (Å²) in [5, 5.41) is 10.0. The molecule has 3 aromatic rings. The number of ether oxygens (including phenoxy) is 1. The van der Waals surface area contributed by atoms with E-state index in [4.69, 9.17) is 9.84 Å². The number of hydrogen-bond acceptors (Lipinski definition) is 5. The molecule has 5 heteroatoms. The molecule has 19 heavy (non-hydrogen) atoms. The van der Waals surface area contributed by atoms with Gasteiger partial charge < -0.3 is 9.84 Å². The molecular formula is C14H12O2S3. The third kappa shape index (κ3) is 2.60. The molecule has 0 radical (unpaired) electrons. The summed E-state index contributed by atoms with van der Waals surface area (Å²) in [6, 6.07) is 12.4. The van der Waals surface area contributed by atoms with Crippen LogP contribution in [-0.2, 0) is 6.61 Å². The highest BCUT2D eigenvalue weighted by molar-refractivity contribution is 7.26. The van der Waals surface area contributed by atoms with Gasteiger partial charge in [-0.05, 0) is 36.4 Å².